The van der Waals surface area contributed by atoms with Crippen LogP contribution in [0.1, 0.15) is 36.0 Å². The van der Waals surface area contributed by atoms with Crippen LogP contribution in [0.15, 0.2) is 51.9 Å². The Morgan fingerprint density at radius 2 is 1.97 bits per heavy atom. The molecule has 1 aliphatic heterocycles. The molecule has 172 valence electrons. The first-order valence-corrected chi connectivity index (χ1v) is 11.4. The summed E-state index contributed by atoms with van der Waals surface area (Å²) in [7, 11) is 1.74. The van der Waals surface area contributed by atoms with Gasteiger partial charge in [-0.15, -0.1) is 10.2 Å². The van der Waals surface area contributed by atoms with Crippen molar-refractivity contribution in [1.29, 1.82) is 0 Å². The largest absolute Gasteiger partial charge is 0.339 e. The van der Waals surface area contributed by atoms with E-state index in [2.05, 4.69) is 30.2 Å². The van der Waals surface area contributed by atoms with Crippen LogP contribution >= 0.6 is 0 Å². The average molecular weight is 457 g/mol. The summed E-state index contributed by atoms with van der Waals surface area (Å²) in [5.41, 5.74) is 2.54. The summed E-state index contributed by atoms with van der Waals surface area (Å²) in [5.74, 6) is 2.80. The zero-order chi connectivity index (χ0) is 23.2. The Bertz CT molecular complexity index is 1540. The number of fused-ring (bicyclic) bond motifs is 3. The lowest BCUT2D eigenvalue weighted by Crippen LogP contribution is -2.33. The molecule has 1 aliphatic rings. The molecule has 0 saturated carbocycles. The van der Waals surface area contributed by atoms with Crippen LogP contribution in [-0.4, -0.2) is 52.3 Å². The van der Waals surface area contributed by atoms with Crippen molar-refractivity contribution in [2.45, 2.75) is 32.2 Å². The Kier molecular flexibility index (Phi) is 4.95. The lowest BCUT2D eigenvalue weighted by molar-refractivity contribution is 0.184. The molecule has 34 heavy (non-hydrogen) atoms. The molecule has 1 aromatic carbocycles. The van der Waals surface area contributed by atoms with E-state index in [1.165, 1.54) is 0 Å². The van der Waals surface area contributed by atoms with E-state index in [-0.39, 0.29) is 11.5 Å². The molecule has 5 heterocycles. The second-order valence-corrected chi connectivity index (χ2v) is 8.86. The summed E-state index contributed by atoms with van der Waals surface area (Å²) in [4.78, 5) is 24.0. The number of piperidine rings is 1. The number of likely N-dealkylation sites (tertiary alicyclic amines) is 1. The van der Waals surface area contributed by atoms with Crippen LogP contribution in [0.3, 0.4) is 0 Å². The second kappa shape index (κ2) is 8.14. The van der Waals surface area contributed by atoms with Gasteiger partial charge in [0.05, 0.1) is 17.4 Å². The van der Waals surface area contributed by atoms with Gasteiger partial charge in [-0.25, -0.2) is 0 Å². The molecule has 10 heteroatoms. The van der Waals surface area contributed by atoms with Gasteiger partial charge in [0.15, 0.2) is 5.82 Å². The number of aryl methyl sites for hydroxylation is 2. The average Bonchev–Trinajstić information content (AvgIpc) is 3.52. The van der Waals surface area contributed by atoms with Crippen LogP contribution in [0.25, 0.3) is 28.2 Å². The maximum absolute atomic E-state index is 12.8. The molecule has 0 radical (unpaired) electrons. The van der Waals surface area contributed by atoms with Crippen LogP contribution < -0.4 is 5.56 Å². The highest BCUT2D eigenvalue weighted by Crippen LogP contribution is 2.29. The molecule has 0 bridgehead atoms. The first kappa shape index (κ1) is 20.7. The molecular weight excluding hydrogens is 432 g/mol. The van der Waals surface area contributed by atoms with Gasteiger partial charge < -0.3 is 4.52 Å². The van der Waals surface area contributed by atoms with Gasteiger partial charge in [0.2, 0.25) is 17.5 Å². The third-order valence-electron chi connectivity index (χ3n) is 6.58. The topological polar surface area (TPSA) is 107 Å². The van der Waals surface area contributed by atoms with Gasteiger partial charge in [0.1, 0.15) is 5.69 Å². The Morgan fingerprint density at radius 3 is 2.76 bits per heavy atom. The van der Waals surface area contributed by atoms with Gasteiger partial charge in [-0.3, -0.25) is 23.6 Å². The SMILES string of the molecule is Cc1ccc2c(c1)c(=O)n(C)c1nnc(CN3CCC(c4nc(-c5ccccn5)no4)CC3)n21. The normalized spacial score (nSPS) is 15.5. The van der Waals surface area contributed by atoms with Crippen LogP contribution in [0.4, 0.5) is 0 Å². The highest BCUT2D eigenvalue weighted by Gasteiger charge is 2.27. The molecule has 0 amide bonds. The van der Waals surface area contributed by atoms with Gasteiger partial charge in [0, 0.05) is 19.2 Å². The maximum atomic E-state index is 12.8. The summed E-state index contributed by atoms with van der Waals surface area (Å²) in [6.45, 7) is 4.40. The zero-order valence-electron chi connectivity index (χ0n) is 19.0. The van der Waals surface area contributed by atoms with Crippen molar-refractivity contribution in [2.75, 3.05) is 13.1 Å². The number of aromatic nitrogens is 7. The highest BCUT2D eigenvalue weighted by molar-refractivity contribution is 5.81. The Hall–Kier alpha value is -3.92. The molecule has 1 saturated heterocycles. The molecule has 0 unspecified atom stereocenters. The Balaban J connectivity index is 1.22. The molecule has 0 N–H and O–H groups in total. The van der Waals surface area contributed by atoms with Crippen molar-refractivity contribution in [2.24, 2.45) is 7.05 Å². The third kappa shape index (κ3) is 3.47. The van der Waals surface area contributed by atoms with Crippen molar-refractivity contribution in [3.63, 3.8) is 0 Å². The molecule has 4 aromatic heterocycles. The summed E-state index contributed by atoms with van der Waals surface area (Å²) in [6.07, 6.45) is 3.55. The van der Waals surface area contributed by atoms with Crippen LogP contribution in [-0.2, 0) is 13.6 Å². The third-order valence-corrected chi connectivity index (χ3v) is 6.58. The van der Waals surface area contributed by atoms with E-state index in [4.69, 9.17) is 4.52 Å². The molecule has 6 rings (SSSR count). The molecule has 10 nitrogen and oxygen atoms in total. The van der Waals surface area contributed by atoms with Gasteiger partial charge in [-0.2, -0.15) is 4.98 Å². The van der Waals surface area contributed by atoms with E-state index in [0.29, 0.717) is 35.1 Å². The number of pyridine rings is 1. The highest BCUT2D eigenvalue weighted by atomic mass is 16.5. The van der Waals surface area contributed by atoms with Crippen LogP contribution in [0.2, 0.25) is 0 Å². The van der Waals surface area contributed by atoms with E-state index in [1.54, 1.807) is 17.8 Å². The minimum absolute atomic E-state index is 0.0596. The molecular formula is C24H24N8O2. The molecule has 1 fully saturated rings. The maximum Gasteiger partial charge on any atom is 0.262 e. The molecule has 0 atom stereocenters. The monoisotopic (exact) mass is 456 g/mol. The molecule has 0 aliphatic carbocycles. The van der Waals surface area contributed by atoms with Crippen molar-refractivity contribution in [3.05, 3.63) is 70.2 Å². The fourth-order valence-electron chi connectivity index (χ4n) is 4.70. The number of benzene rings is 1. The summed E-state index contributed by atoms with van der Waals surface area (Å²) < 4.78 is 9.13. The number of nitrogens with zero attached hydrogens (tertiary/aromatic N) is 8. The molecule has 5 aromatic rings. The van der Waals surface area contributed by atoms with E-state index < -0.39 is 0 Å². The van der Waals surface area contributed by atoms with E-state index in [9.17, 15) is 4.79 Å². The van der Waals surface area contributed by atoms with Gasteiger partial charge >= 0.3 is 0 Å². The summed E-state index contributed by atoms with van der Waals surface area (Å²) in [6, 6.07) is 11.6. The molecule has 0 spiro atoms. The number of hydrogen-bond donors (Lipinski definition) is 0. The van der Waals surface area contributed by atoms with Crippen molar-refractivity contribution in [3.8, 4) is 11.5 Å². The van der Waals surface area contributed by atoms with Crippen molar-refractivity contribution in [1.82, 2.24) is 39.2 Å². The van der Waals surface area contributed by atoms with Gasteiger partial charge in [-0.1, -0.05) is 22.9 Å². The first-order chi connectivity index (χ1) is 16.6. The number of hydrogen-bond acceptors (Lipinski definition) is 8. The minimum Gasteiger partial charge on any atom is -0.339 e. The van der Waals surface area contributed by atoms with E-state index in [0.717, 1.165) is 42.8 Å². The standard InChI is InChI=1S/C24H24N8O2/c1-15-6-7-19-17(13-15)23(33)30(2)24-28-27-20(32(19)24)14-31-11-8-16(9-12-31)22-26-21(29-34-22)18-5-3-4-10-25-18/h3-7,10,13,16H,8-9,11-12,14H2,1-2H3. The number of rotatable bonds is 4. The summed E-state index contributed by atoms with van der Waals surface area (Å²) in [5, 5.41) is 13.6. The van der Waals surface area contributed by atoms with Gasteiger partial charge in [-0.05, 0) is 57.1 Å². The summed E-state index contributed by atoms with van der Waals surface area (Å²) >= 11 is 0. The predicted molar refractivity (Wildman–Crippen MR) is 125 cm³/mol. The lowest BCUT2D eigenvalue weighted by atomic mass is 9.97. The van der Waals surface area contributed by atoms with Crippen LogP contribution in [0.5, 0.6) is 0 Å². The quantitative estimate of drug-likeness (QED) is 0.406. The van der Waals surface area contributed by atoms with Crippen LogP contribution in [0, 0.1) is 6.92 Å². The Morgan fingerprint density at radius 1 is 1.12 bits per heavy atom. The van der Waals surface area contributed by atoms with Crippen molar-refractivity contribution < 1.29 is 4.52 Å². The van der Waals surface area contributed by atoms with Gasteiger partial charge in [0.25, 0.3) is 5.56 Å². The zero-order valence-corrected chi connectivity index (χ0v) is 19.0. The van der Waals surface area contributed by atoms with E-state index >= 15 is 0 Å². The van der Waals surface area contributed by atoms with Crippen molar-refractivity contribution >= 4 is 16.7 Å². The fraction of sp³-hybridized carbons (Fsp3) is 0.333. The fourth-order valence-corrected chi connectivity index (χ4v) is 4.70. The second-order valence-electron chi connectivity index (χ2n) is 8.86. The lowest BCUT2D eigenvalue weighted by Gasteiger charge is -2.29. The minimum atomic E-state index is -0.0596. The predicted octanol–water partition coefficient (Wildman–Crippen LogP) is 2.71. The first-order valence-electron chi connectivity index (χ1n) is 11.4. The smallest absolute Gasteiger partial charge is 0.262 e. The van der Waals surface area contributed by atoms with E-state index in [1.807, 2.05) is 47.7 Å². The Labute approximate surface area is 194 Å².